The maximum absolute atomic E-state index is 11.6. The van der Waals surface area contributed by atoms with E-state index >= 15 is 0 Å². The second-order valence-corrected chi connectivity index (χ2v) is 7.04. The Hall–Kier alpha value is -0.510. The predicted molar refractivity (Wildman–Crippen MR) is 105 cm³/mol. The summed E-state index contributed by atoms with van der Waals surface area (Å²) < 4.78 is 9.40. The Kier molecular flexibility index (Phi) is 22.0. The number of hydrogen-bond donors (Lipinski definition) is 3. The molecule has 0 saturated carbocycles. The van der Waals surface area contributed by atoms with E-state index in [1.165, 1.54) is 38.5 Å². The van der Waals surface area contributed by atoms with Crippen LogP contribution < -0.4 is 35.3 Å². The Morgan fingerprint density at radius 2 is 1.45 bits per heavy atom. The van der Waals surface area contributed by atoms with Crippen molar-refractivity contribution in [1.82, 2.24) is 0 Å². The third-order valence-corrected chi connectivity index (χ3v) is 4.30. The van der Waals surface area contributed by atoms with Crippen LogP contribution >= 0.6 is 0 Å². The standard InChI is InChI=1S/C20H37NO7.Na.H/c1-2-3-4-5-6-7-8-9-10-11-18(24)28-19(25)13-12-17(21)20(26)27-15-16(23)14-22;;/h16-17,22-23H,2-15,21H2,1H3;;/q;+1;-1/t16?,17-;;/m0../s1. The number of rotatable bonds is 17. The number of aliphatic hydroxyl groups excluding tert-OH is 2. The van der Waals surface area contributed by atoms with Crippen LogP contribution in [0.1, 0.15) is 85.4 Å². The fourth-order valence-corrected chi connectivity index (χ4v) is 2.54. The first kappa shape index (κ1) is 30.7. The molecule has 0 aliphatic carbocycles. The number of carbonyl (C=O) groups excluding carboxylic acids is 3. The third kappa shape index (κ3) is 19.2. The van der Waals surface area contributed by atoms with Crippen molar-refractivity contribution < 1.29 is 65.1 Å². The molecule has 0 saturated heterocycles. The first-order chi connectivity index (χ1) is 13.4. The first-order valence-electron chi connectivity index (χ1n) is 10.3. The number of unbranched alkanes of at least 4 members (excludes halogenated alkanes) is 8. The Morgan fingerprint density at radius 1 is 0.931 bits per heavy atom. The van der Waals surface area contributed by atoms with Crippen molar-refractivity contribution in [1.29, 1.82) is 0 Å². The van der Waals surface area contributed by atoms with E-state index in [0.29, 0.717) is 6.42 Å². The summed E-state index contributed by atoms with van der Waals surface area (Å²) in [6.07, 6.45) is 9.02. The Morgan fingerprint density at radius 3 is 2.00 bits per heavy atom. The molecule has 0 heterocycles. The van der Waals surface area contributed by atoms with Gasteiger partial charge in [0, 0.05) is 12.8 Å². The zero-order valence-electron chi connectivity index (χ0n) is 19.1. The molecule has 2 atom stereocenters. The smallest absolute Gasteiger partial charge is 1.00 e. The molecule has 0 aromatic carbocycles. The van der Waals surface area contributed by atoms with Gasteiger partial charge in [-0.05, 0) is 12.8 Å². The first-order valence-corrected chi connectivity index (χ1v) is 10.3. The number of ether oxygens (including phenoxy) is 2. The summed E-state index contributed by atoms with van der Waals surface area (Å²) in [5.41, 5.74) is 5.58. The number of nitrogens with two attached hydrogens (primary N) is 1. The van der Waals surface area contributed by atoms with E-state index in [4.69, 9.17) is 20.7 Å². The average molecular weight is 428 g/mol. The van der Waals surface area contributed by atoms with Crippen LogP contribution in [0.2, 0.25) is 0 Å². The van der Waals surface area contributed by atoms with Gasteiger partial charge < -0.3 is 26.8 Å². The van der Waals surface area contributed by atoms with E-state index in [1.807, 2.05) is 0 Å². The monoisotopic (exact) mass is 427 g/mol. The second kappa shape index (κ2) is 20.8. The molecule has 0 aliphatic heterocycles. The van der Waals surface area contributed by atoms with Crippen LogP contribution in [0.15, 0.2) is 0 Å². The van der Waals surface area contributed by atoms with E-state index in [0.717, 1.165) is 12.8 Å². The van der Waals surface area contributed by atoms with Crippen molar-refractivity contribution in [3.8, 4) is 0 Å². The Balaban J connectivity index is -0.00000364. The van der Waals surface area contributed by atoms with Crippen molar-refractivity contribution in [2.75, 3.05) is 13.2 Å². The van der Waals surface area contributed by atoms with Crippen molar-refractivity contribution in [3.05, 3.63) is 0 Å². The molecule has 0 rings (SSSR count). The van der Waals surface area contributed by atoms with Gasteiger partial charge >= 0.3 is 47.5 Å². The molecule has 4 N–H and O–H groups in total. The molecule has 1 unspecified atom stereocenters. The van der Waals surface area contributed by atoms with Crippen molar-refractivity contribution in [3.63, 3.8) is 0 Å². The SMILES string of the molecule is CCCCCCCCCCCC(=O)OC(=O)CC[C@H](N)C(=O)OCC(O)CO.[H-].[Na+]. The van der Waals surface area contributed by atoms with E-state index in [-0.39, 0.29) is 56.9 Å². The second-order valence-electron chi connectivity index (χ2n) is 7.04. The Labute approximate surface area is 197 Å². The molecule has 0 aromatic heterocycles. The van der Waals surface area contributed by atoms with E-state index in [1.54, 1.807) is 0 Å². The molecule has 0 bridgehead atoms. The number of hydrogen-bond acceptors (Lipinski definition) is 8. The van der Waals surface area contributed by atoms with Crippen molar-refractivity contribution >= 4 is 17.9 Å². The fourth-order valence-electron chi connectivity index (χ4n) is 2.54. The van der Waals surface area contributed by atoms with Crippen LogP contribution in [-0.2, 0) is 23.9 Å². The largest absolute Gasteiger partial charge is 1.00 e. The minimum Gasteiger partial charge on any atom is -1.00 e. The van der Waals surface area contributed by atoms with Gasteiger partial charge in [-0.2, -0.15) is 0 Å². The maximum atomic E-state index is 11.6. The molecule has 29 heavy (non-hydrogen) atoms. The van der Waals surface area contributed by atoms with Gasteiger partial charge in [-0.25, -0.2) is 0 Å². The third-order valence-electron chi connectivity index (χ3n) is 4.30. The zero-order valence-corrected chi connectivity index (χ0v) is 20.1. The molecule has 0 fully saturated rings. The Bertz CT molecular complexity index is 455. The van der Waals surface area contributed by atoms with E-state index in [9.17, 15) is 14.4 Å². The molecular formula is C20H38NNaO7. The topological polar surface area (TPSA) is 136 Å². The number of esters is 3. The van der Waals surface area contributed by atoms with E-state index < -0.39 is 36.7 Å². The van der Waals surface area contributed by atoms with Crippen LogP contribution in [0.5, 0.6) is 0 Å². The minimum atomic E-state index is -1.17. The van der Waals surface area contributed by atoms with Crippen LogP contribution in [0.3, 0.4) is 0 Å². The summed E-state index contributed by atoms with van der Waals surface area (Å²) >= 11 is 0. The van der Waals surface area contributed by atoms with Gasteiger partial charge in [0.05, 0.1) is 6.61 Å². The van der Waals surface area contributed by atoms with Gasteiger partial charge in [0.15, 0.2) is 0 Å². The minimum absolute atomic E-state index is 0. The maximum Gasteiger partial charge on any atom is 1.00 e. The molecule has 0 aliphatic rings. The molecule has 0 aromatic rings. The van der Waals surface area contributed by atoms with Gasteiger partial charge in [0.25, 0.3) is 0 Å². The summed E-state index contributed by atoms with van der Waals surface area (Å²) in [4.78, 5) is 34.8. The van der Waals surface area contributed by atoms with Crippen LogP contribution in [0.4, 0.5) is 0 Å². The molecule has 166 valence electrons. The van der Waals surface area contributed by atoms with E-state index in [2.05, 4.69) is 11.7 Å². The van der Waals surface area contributed by atoms with Crippen molar-refractivity contribution in [2.24, 2.45) is 5.73 Å². The average Bonchev–Trinajstić information content (AvgIpc) is 2.68. The van der Waals surface area contributed by atoms with Gasteiger partial charge in [0.2, 0.25) is 0 Å². The summed E-state index contributed by atoms with van der Waals surface area (Å²) in [5.74, 6) is -2.07. The fraction of sp³-hybridized carbons (Fsp3) is 0.850. The zero-order chi connectivity index (χ0) is 21.2. The molecule has 9 heteroatoms. The van der Waals surface area contributed by atoms with Gasteiger partial charge in [-0.1, -0.05) is 58.3 Å². The molecule has 0 spiro atoms. The van der Waals surface area contributed by atoms with Gasteiger partial charge in [-0.15, -0.1) is 0 Å². The number of carbonyl (C=O) groups is 3. The van der Waals surface area contributed by atoms with Crippen LogP contribution in [-0.4, -0.2) is 53.5 Å². The molecule has 0 amide bonds. The van der Waals surface area contributed by atoms with Crippen LogP contribution in [0.25, 0.3) is 0 Å². The summed E-state index contributed by atoms with van der Waals surface area (Å²) in [6, 6.07) is -1.06. The van der Waals surface area contributed by atoms with Gasteiger partial charge in [-0.3, -0.25) is 14.4 Å². The van der Waals surface area contributed by atoms with Crippen molar-refractivity contribution in [2.45, 2.75) is 96.1 Å². The quantitative estimate of drug-likeness (QED) is 0.118. The van der Waals surface area contributed by atoms with Gasteiger partial charge in [0.1, 0.15) is 18.8 Å². The normalized spacial score (nSPS) is 12.6. The summed E-state index contributed by atoms with van der Waals surface area (Å²) in [7, 11) is 0. The molecular weight excluding hydrogens is 389 g/mol. The summed E-state index contributed by atoms with van der Waals surface area (Å²) in [5, 5.41) is 17.7. The predicted octanol–water partition coefficient (Wildman–Crippen LogP) is -0.902. The van der Waals surface area contributed by atoms with Crippen LogP contribution in [0, 0.1) is 0 Å². The number of aliphatic hydroxyl groups is 2. The molecule has 0 radical (unpaired) electrons. The molecule has 8 nitrogen and oxygen atoms in total. The summed E-state index contributed by atoms with van der Waals surface area (Å²) in [6.45, 7) is 1.29.